The van der Waals surface area contributed by atoms with Gasteiger partial charge < -0.3 is 29.7 Å². The number of hydrogen-bond donors (Lipinski definition) is 2. The Hall–Kier alpha value is -2.49. The van der Waals surface area contributed by atoms with Crippen molar-refractivity contribution in [3.05, 3.63) is 36.5 Å². The Bertz CT molecular complexity index is 904. The molecule has 8 atom stereocenters. The summed E-state index contributed by atoms with van der Waals surface area (Å²) >= 11 is 0. The quantitative estimate of drug-likeness (QED) is 0.279. The smallest absolute Gasteiger partial charge is 0.225 e. The van der Waals surface area contributed by atoms with Gasteiger partial charge in [0.15, 0.2) is 0 Å². The van der Waals surface area contributed by atoms with Crippen LogP contribution in [-0.4, -0.2) is 96.9 Å². The molecule has 0 bridgehead atoms. The number of aliphatic hydroxyl groups is 1. The summed E-state index contributed by atoms with van der Waals surface area (Å²) in [6.07, 6.45) is 7.54. The molecule has 1 aliphatic rings. The molecule has 0 aromatic carbocycles. The largest absolute Gasteiger partial charge is 0.386 e. The zero-order valence-corrected chi connectivity index (χ0v) is 26.1. The lowest BCUT2D eigenvalue weighted by Crippen LogP contribution is -2.53. The second-order valence-corrected chi connectivity index (χ2v) is 10.9. The molecule has 2 N–H and O–H groups in total. The Morgan fingerprint density at radius 3 is 2.35 bits per heavy atom. The second-order valence-electron chi connectivity index (χ2n) is 10.9. The summed E-state index contributed by atoms with van der Waals surface area (Å²) in [4.78, 5) is 42.6. The maximum Gasteiger partial charge on any atom is 0.225 e. The average Bonchev–Trinajstić information content (AvgIpc) is 3.42. The van der Waals surface area contributed by atoms with E-state index in [2.05, 4.69) is 25.7 Å². The lowest BCUT2D eigenvalue weighted by atomic mass is 9.90. The highest BCUT2D eigenvalue weighted by atomic mass is 16.5. The van der Waals surface area contributed by atoms with E-state index in [0.29, 0.717) is 12.1 Å². The fraction of sp³-hybridized carbons (Fsp3) is 0.710. The molecular weight excluding hydrogens is 510 g/mol. The van der Waals surface area contributed by atoms with Crippen LogP contribution in [0.1, 0.15) is 67.2 Å². The number of carbonyl (C=O) groups is 3. The Morgan fingerprint density at radius 2 is 1.85 bits per heavy atom. The Kier molecular flexibility index (Phi) is 15.4. The van der Waals surface area contributed by atoms with Crippen LogP contribution in [0.25, 0.3) is 0 Å². The van der Waals surface area contributed by atoms with Gasteiger partial charge in [0, 0.05) is 34.7 Å². The third kappa shape index (κ3) is 9.28. The summed E-state index contributed by atoms with van der Waals surface area (Å²) in [6.45, 7) is 15.2. The van der Waals surface area contributed by atoms with E-state index in [1.165, 1.54) is 6.92 Å². The molecule has 1 fully saturated rings. The number of nitrogens with one attached hydrogen (secondary N) is 1. The van der Waals surface area contributed by atoms with E-state index in [-0.39, 0.29) is 42.1 Å². The number of carbonyl (C=O) groups excluding carboxylic acids is 3. The summed E-state index contributed by atoms with van der Waals surface area (Å²) in [6, 6.07) is -1.05. The number of allylic oxidation sites excluding steroid dienone is 3. The number of likely N-dealkylation sites (tertiary alicyclic amines) is 1. The molecule has 228 valence electrons. The topological polar surface area (TPSA) is 108 Å². The van der Waals surface area contributed by atoms with Crippen molar-refractivity contribution in [3.8, 4) is 0 Å². The molecule has 40 heavy (non-hydrogen) atoms. The number of methoxy groups -OCH3 is 2. The van der Waals surface area contributed by atoms with Crippen LogP contribution in [0.3, 0.4) is 0 Å². The van der Waals surface area contributed by atoms with Gasteiger partial charge in [-0.25, -0.2) is 0 Å². The first-order valence-electron chi connectivity index (χ1n) is 14.4. The summed E-state index contributed by atoms with van der Waals surface area (Å²) < 4.78 is 11.6. The minimum Gasteiger partial charge on any atom is -0.386 e. The molecule has 0 aromatic heterocycles. The van der Waals surface area contributed by atoms with Crippen LogP contribution in [0.5, 0.6) is 0 Å². The van der Waals surface area contributed by atoms with Crippen molar-refractivity contribution >= 4 is 17.7 Å². The van der Waals surface area contributed by atoms with Gasteiger partial charge in [-0.3, -0.25) is 14.4 Å². The summed E-state index contributed by atoms with van der Waals surface area (Å²) in [5.74, 6) is -0.828. The van der Waals surface area contributed by atoms with E-state index in [0.717, 1.165) is 19.3 Å². The summed E-state index contributed by atoms with van der Waals surface area (Å²) in [7, 11) is 4.89. The number of nitrogens with zero attached hydrogens (tertiary/aromatic N) is 2. The molecule has 1 heterocycles. The molecule has 1 rings (SSSR count). The van der Waals surface area contributed by atoms with Crippen molar-refractivity contribution in [2.24, 2.45) is 11.8 Å². The van der Waals surface area contributed by atoms with E-state index in [1.54, 1.807) is 64.3 Å². The maximum atomic E-state index is 13.6. The van der Waals surface area contributed by atoms with E-state index in [4.69, 9.17) is 9.47 Å². The number of ether oxygens (including phenoxy) is 2. The number of likely N-dealkylation sites (N-methyl/N-ethyl adjacent to an activating group) is 1. The molecule has 9 nitrogen and oxygen atoms in total. The van der Waals surface area contributed by atoms with Crippen molar-refractivity contribution in [1.82, 2.24) is 15.1 Å². The highest BCUT2D eigenvalue weighted by Crippen LogP contribution is 2.29. The molecule has 0 aliphatic carbocycles. The second kappa shape index (κ2) is 17.4. The Balaban J connectivity index is 3.04. The molecule has 0 saturated carbocycles. The van der Waals surface area contributed by atoms with Gasteiger partial charge in [-0.1, -0.05) is 58.1 Å². The van der Waals surface area contributed by atoms with Crippen molar-refractivity contribution in [2.75, 3.05) is 27.8 Å². The van der Waals surface area contributed by atoms with Crippen LogP contribution in [0.4, 0.5) is 0 Å². The third-order valence-electron chi connectivity index (χ3n) is 8.35. The van der Waals surface area contributed by atoms with Gasteiger partial charge in [-0.15, -0.1) is 0 Å². The monoisotopic (exact) mass is 563 g/mol. The first-order valence-corrected chi connectivity index (χ1v) is 14.4. The molecule has 9 heteroatoms. The molecule has 3 amide bonds. The minimum absolute atomic E-state index is 0.0734. The van der Waals surface area contributed by atoms with Gasteiger partial charge in [-0.05, 0) is 38.2 Å². The zero-order valence-electron chi connectivity index (χ0n) is 26.1. The van der Waals surface area contributed by atoms with E-state index in [1.807, 2.05) is 11.8 Å². The maximum absolute atomic E-state index is 13.6. The predicted molar refractivity (Wildman–Crippen MR) is 159 cm³/mol. The van der Waals surface area contributed by atoms with E-state index in [9.17, 15) is 19.5 Å². The van der Waals surface area contributed by atoms with Crippen LogP contribution in [-0.2, 0) is 23.9 Å². The average molecular weight is 564 g/mol. The van der Waals surface area contributed by atoms with Crippen LogP contribution >= 0.6 is 0 Å². The summed E-state index contributed by atoms with van der Waals surface area (Å²) in [5.41, 5.74) is 0.676. The SMILES string of the molecule is C=C/C=C\C(=C/C)C(O)C(C)NC(=O)C(C)C(OC)C1CCCN1C(=O)CC(OC)C(C(C)CC)N(C)C(C)=O. The molecule has 8 unspecified atom stereocenters. The fourth-order valence-electron chi connectivity index (χ4n) is 5.64. The molecule has 0 aromatic rings. The molecule has 1 aliphatic heterocycles. The summed E-state index contributed by atoms with van der Waals surface area (Å²) in [5, 5.41) is 13.7. The van der Waals surface area contributed by atoms with Gasteiger partial charge >= 0.3 is 0 Å². The predicted octanol–water partition coefficient (Wildman–Crippen LogP) is 3.48. The Labute approximate surface area is 241 Å². The van der Waals surface area contributed by atoms with Gasteiger partial charge in [0.2, 0.25) is 17.7 Å². The number of aliphatic hydroxyl groups excluding tert-OH is 1. The van der Waals surface area contributed by atoms with Crippen molar-refractivity contribution in [3.63, 3.8) is 0 Å². The lowest BCUT2D eigenvalue weighted by molar-refractivity contribution is -0.145. The standard InChI is InChI=1S/C31H53N3O6/c1-11-14-16-24(13-3)29(37)22(6)32-31(38)21(5)30(40-10)25-17-15-18-34(25)27(36)19-26(39-9)28(20(4)12-2)33(8)23(7)35/h11,13-14,16,20-22,25-26,28-30,37H,1,12,15,17-19H2,2-10H3,(H,32,38)/b16-14-,24-13+. The zero-order chi connectivity index (χ0) is 30.6. The van der Waals surface area contributed by atoms with Crippen LogP contribution < -0.4 is 5.32 Å². The fourth-order valence-corrected chi connectivity index (χ4v) is 5.64. The highest BCUT2D eigenvalue weighted by Gasteiger charge is 2.42. The van der Waals surface area contributed by atoms with E-state index < -0.39 is 30.3 Å². The van der Waals surface area contributed by atoms with E-state index >= 15 is 0 Å². The number of amides is 3. The molecular formula is C31H53N3O6. The van der Waals surface area contributed by atoms with Gasteiger partial charge in [0.1, 0.15) is 0 Å². The van der Waals surface area contributed by atoms with Gasteiger partial charge in [0.25, 0.3) is 0 Å². The van der Waals surface area contributed by atoms with Crippen LogP contribution in [0, 0.1) is 11.8 Å². The third-order valence-corrected chi connectivity index (χ3v) is 8.35. The highest BCUT2D eigenvalue weighted by molar-refractivity contribution is 5.80. The Morgan fingerprint density at radius 1 is 1.20 bits per heavy atom. The normalized spacial score (nSPS) is 21.3. The van der Waals surface area contributed by atoms with Gasteiger partial charge in [0.05, 0.1) is 48.8 Å². The van der Waals surface area contributed by atoms with Crippen molar-refractivity contribution in [2.45, 2.75) is 104 Å². The lowest BCUT2D eigenvalue weighted by Gasteiger charge is -2.39. The van der Waals surface area contributed by atoms with Crippen molar-refractivity contribution in [1.29, 1.82) is 0 Å². The minimum atomic E-state index is -0.888. The molecule has 1 saturated heterocycles. The molecule has 0 radical (unpaired) electrons. The first kappa shape index (κ1) is 35.5. The number of hydrogen-bond acceptors (Lipinski definition) is 6. The first-order chi connectivity index (χ1) is 18.9. The van der Waals surface area contributed by atoms with Crippen LogP contribution in [0.2, 0.25) is 0 Å². The number of rotatable bonds is 16. The molecule has 0 spiro atoms. The van der Waals surface area contributed by atoms with Gasteiger partial charge in [-0.2, -0.15) is 0 Å². The van der Waals surface area contributed by atoms with Crippen LogP contribution in [0.15, 0.2) is 36.5 Å². The van der Waals surface area contributed by atoms with Crippen molar-refractivity contribution < 1.29 is 29.0 Å².